The van der Waals surface area contributed by atoms with Crippen molar-refractivity contribution in [2.24, 2.45) is 5.92 Å². The number of carbonyl (C=O) groups excluding carboxylic acids is 3. The number of nitrogens with one attached hydrogen (secondary N) is 2. The lowest BCUT2D eigenvalue weighted by molar-refractivity contribution is -0.122. The van der Waals surface area contributed by atoms with Gasteiger partial charge in [0, 0.05) is 56.9 Å². The van der Waals surface area contributed by atoms with Gasteiger partial charge in [-0.25, -0.2) is 4.98 Å². The molecule has 1 unspecified atom stereocenters. The molecule has 0 bridgehead atoms. The van der Waals surface area contributed by atoms with Crippen molar-refractivity contribution in [3.63, 3.8) is 0 Å². The molecule has 45 heavy (non-hydrogen) atoms. The van der Waals surface area contributed by atoms with Crippen LogP contribution in [0.25, 0.3) is 0 Å². The highest BCUT2D eigenvalue weighted by atomic mass is 16.5. The Morgan fingerprint density at radius 3 is 2.53 bits per heavy atom. The van der Waals surface area contributed by atoms with E-state index in [1.54, 1.807) is 38.4 Å². The molecule has 236 valence electrons. The summed E-state index contributed by atoms with van der Waals surface area (Å²) >= 11 is 0. The maximum Gasteiger partial charge on any atom is 0.259 e. The van der Waals surface area contributed by atoms with Gasteiger partial charge in [0.15, 0.2) is 5.82 Å². The zero-order valence-electron chi connectivity index (χ0n) is 26.4. The van der Waals surface area contributed by atoms with Crippen molar-refractivity contribution >= 4 is 52.2 Å². The Bertz CT molecular complexity index is 1600. The number of amides is 3. The summed E-state index contributed by atoms with van der Waals surface area (Å²) in [6.07, 6.45) is 3.06. The van der Waals surface area contributed by atoms with Crippen LogP contribution in [0.15, 0.2) is 61.3 Å². The van der Waals surface area contributed by atoms with Gasteiger partial charge in [-0.1, -0.05) is 26.5 Å². The molecule has 2 N–H and O–H groups in total. The van der Waals surface area contributed by atoms with Crippen molar-refractivity contribution in [1.82, 2.24) is 19.8 Å². The molecule has 1 fully saturated rings. The van der Waals surface area contributed by atoms with Gasteiger partial charge >= 0.3 is 0 Å². The number of aromatic nitrogens is 2. The van der Waals surface area contributed by atoms with Crippen molar-refractivity contribution in [3.8, 4) is 5.75 Å². The van der Waals surface area contributed by atoms with Crippen LogP contribution in [0.4, 0.5) is 34.5 Å². The maximum absolute atomic E-state index is 14.3. The molecule has 0 spiro atoms. The van der Waals surface area contributed by atoms with E-state index in [2.05, 4.69) is 39.0 Å². The van der Waals surface area contributed by atoms with Crippen LogP contribution < -0.4 is 25.2 Å². The van der Waals surface area contributed by atoms with E-state index in [1.807, 2.05) is 32.0 Å². The highest BCUT2D eigenvalue weighted by molar-refractivity contribution is 6.13. The number of rotatable bonds is 9. The third-order valence-corrected chi connectivity index (χ3v) is 8.06. The van der Waals surface area contributed by atoms with E-state index in [0.29, 0.717) is 29.2 Å². The Labute approximate surface area is 263 Å². The number of piperazine rings is 1. The fourth-order valence-corrected chi connectivity index (χ4v) is 5.54. The molecule has 3 amide bonds. The van der Waals surface area contributed by atoms with E-state index in [-0.39, 0.29) is 41.0 Å². The third-order valence-electron chi connectivity index (χ3n) is 8.06. The van der Waals surface area contributed by atoms with Crippen LogP contribution in [0.3, 0.4) is 0 Å². The molecule has 0 saturated carbocycles. The second-order valence-corrected chi connectivity index (χ2v) is 11.7. The van der Waals surface area contributed by atoms with Crippen LogP contribution in [0.5, 0.6) is 5.75 Å². The predicted octanol–water partition coefficient (Wildman–Crippen LogP) is 4.27. The van der Waals surface area contributed by atoms with Crippen LogP contribution in [0.2, 0.25) is 0 Å². The summed E-state index contributed by atoms with van der Waals surface area (Å²) < 4.78 is 5.72. The third kappa shape index (κ3) is 6.75. The summed E-state index contributed by atoms with van der Waals surface area (Å²) in [7, 11) is 5.35. The number of likely N-dealkylation sites (N-methyl/N-ethyl adjacent to an activating group) is 2. The largest absolute Gasteiger partial charge is 0.494 e. The van der Waals surface area contributed by atoms with Crippen molar-refractivity contribution < 1.29 is 19.1 Å². The quantitative estimate of drug-likeness (QED) is 0.341. The Hall–Kier alpha value is -4.97. The molecule has 1 atom stereocenters. The van der Waals surface area contributed by atoms with Crippen LogP contribution in [-0.2, 0) is 9.59 Å². The first-order chi connectivity index (χ1) is 21.6. The number of hydrogen-bond acceptors (Lipinski definition) is 9. The number of anilines is 6. The van der Waals surface area contributed by atoms with Crippen LogP contribution >= 0.6 is 0 Å². The summed E-state index contributed by atoms with van der Waals surface area (Å²) in [4.78, 5) is 56.8. The molecule has 12 nitrogen and oxygen atoms in total. The van der Waals surface area contributed by atoms with Gasteiger partial charge in [-0.15, -0.1) is 0 Å². The van der Waals surface area contributed by atoms with E-state index in [1.165, 1.54) is 22.1 Å². The van der Waals surface area contributed by atoms with Crippen molar-refractivity contribution in [2.45, 2.75) is 26.3 Å². The van der Waals surface area contributed by atoms with E-state index in [4.69, 9.17) is 9.72 Å². The zero-order chi connectivity index (χ0) is 32.2. The predicted molar refractivity (Wildman–Crippen MR) is 176 cm³/mol. The molecule has 3 heterocycles. The average molecular weight is 613 g/mol. The van der Waals surface area contributed by atoms with Gasteiger partial charge in [0.2, 0.25) is 11.9 Å². The molecular weight excluding hydrogens is 572 g/mol. The first-order valence-electron chi connectivity index (χ1n) is 15.0. The number of nitrogens with zero attached hydrogens (tertiary/aromatic N) is 6. The van der Waals surface area contributed by atoms with Gasteiger partial charge in [0.1, 0.15) is 17.4 Å². The molecule has 12 heteroatoms. The Kier molecular flexibility index (Phi) is 9.33. The number of hydrogen-bond donors (Lipinski definition) is 2. The number of fused-ring (bicyclic) bond motifs is 1. The van der Waals surface area contributed by atoms with Crippen LogP contribution in [0, 0.1) is 5.92 Å². The van der Waals surface area contributed by atoms with Crippen molar-refractivity contribution in [3.05, 3.63) is 66.9 Å². The number of carbonyl (C=O) groups is 3. The normalized spacial score (nSPS) is 17.2. The summed E-state index contributed by atoms with van der Waals surface area (Å²) in [6.45, 7) is 11.3. The summed E-state index contributed by atoms with van der Waals surface area (Å²) in [5.74, 6) is 0.0135. The molecule has 5 rings (SSSR count). The van der Waals surface area contributed by atoms with Crippen LogP contribution in [-0.4, -0.2) is 90.9 Å². The SMILES string of the molecule is C=CC(=O)Nc1cccc(N2C(=O)C(CC(C)C)N(C)C(=O)c3cnc(Nc4ccc(N5CCN(C)CC5)cc4OC)nc32)c1. The first kappa shape index (κ1) is 31.5. The summed E-state index contributed by atoms with van der Waals surface area (Å²) in [5.41, 5.74) is 2.78. The molecule has 2 aliphatic rings. The minimum absolute atomic E-state index is 0.139. The summed E-state index contributed by atoms with van der Waals surface area (Å²) in [6, 6.07) is 12.0. The van der Waals surface area contributed by atoms with Gasteiger partial charge in [-0.05, 0) is 55.8 Å². The highest BCUT2D eigenvalue weighted by Gasteiger charge is 2.40. The van der Waals surface area contributed by atoms with Gasteiger partial charge < -0.3 is 30.1 Å². The molecular formula is C33H40N8O4. The lowest BCUT2D eigenvalue weighted by Gasteiger charge is -2.34. The summed E-state index contributed by atoms with van der Waals surface area (Å²) in [5, 5.41) is 5.96. The maximum atomic E-state index is 14.3. The van der Waals surface area contributed by atoms with Gasteiger partial charge in [0.25, 0.3) is 11.8 Å². The molecule has 0 radical (unpaired) electrons. The van der Waals surface area contributed by atoms with E-state index in [0.717, 1.165) is 31.9 Å². The van der Waals surface area contributed by atoms with Crippen molar-refractivity contribution in [1.29, 1.82) is 0 Å². The van der Waals surface area contributed by atoms with Crippen LogP contribution in [0.1, 0.15) is 30.6 Å². The molecule has 2 aliphatic heterocycles. The Balaban J connectivity index is 1.55. The Morgan fingerprint density at radius 2 is 1.84 bits per heavy atom. The molecule has 2 aromatic carbocycles. The Morgan fingerprint density at radius 1 is 1.09 bits per heavy atom. The molecule has 1 saturated heterocycles. The average Bonchev–Trinajstić information content (AvgIpc) is 3.10. The monoisotopic (exact) mass is 612 g/mol. The highest BCUT2D eigenvalue weighted by Crippen LogP contribution is 2.37. The number of ether oxygens (including phenoxy) is 1. The van der Waals surface area contributed by atoms with E-state index in [9.17, 15) is 14.4 Å². The minimum atomic E-state index is -0.739. The van der Waals surface area contributed by atoms with E-state index >= 15 is 0 Å². The molecule has 0 aliphatic carbocycles. The van der Waals surface area contributed by atoms with Gasteiger partial charge in [-0.3, -0.25) is 19.3 Å². The lowest BCUT2D eigenvalue weighted by atomic mass is 10.0. The lowest BCUT2D eigenvalue weighted by Crippen LogP contribution is -2.46. The topological polar surface area (TPSA) is 123 Å². The number of methoxy groups -OCH3 is 1. The van der Waals surface area contributed by atoms with Gasteiger partial charge in [0.05, 0.1) is 18.5 Å². The standard InChI is InChI=1S/C33H40N8O4/c1-7-29(42)35-22-9-8-10-24(18-22)41-30-25(31(43)39(5)27(32(41)44)17-21(2)3)20-34-33(37-30)36-26-12-11-23(19-28(26)45-6)40-15-13-38(4)14-16-40/h7-12,18-21,27H,1,13-17H2,2-6H3,(H,35,42)(H,34,36,37). The molecule has 1 aromatic heterocycles. The van der Waals surface area contributed by atoms with Crippen molar-refractivity contribution in [2.75, 3.05) is 67.8 Å². The smallest absolute Gasteiger partial charge is 0.259 e. The number of benzene rings is 2. The van der Waals surface area contributed by atoms with E-state index < -0.39 is 6.04 Å². The van der Waals surface area contributed by atoms with Gasteiger partial charge in [-0.2, -0.15) is 4.98 Å². The molecule has 3 aromatic rings. The zero-order valence-corrected chi connectivity index (χ0v) is 26.4. The second-order valence-electron chi connectivity index (χ2n) is 11.7. The second kappa shape index (κ2) is 13.3. The first-order valence-corrected chi connectivity index (χ1v) is 15.0. The fraction of sp³-hybridized carbons (Fsp3) is 0.364. The fourth-order valence-electron chi connectivity index (χ4n) is 5.54. The minimum Gasteiger partial charge on any atom is -0.494 e.